The number of benzene rings is 1. The maximum absolute atomic E-state index is 13.1. The summed E-state index contributed by atoms with van der Waals surface area (Å²) in [7, 11) is 1.87. The number of hydrogen-bond donors (Lipinski definition) is 1. The molecule has 0 radical (unpaired) electrons. The minimum Gasteiger partial charge on any atom is -0.480 e. The van der Waals surface area contributed by atoms with Crippen LogP contribution in [0.5, 0.6) is 0 Å². The number of nitrogens with zero attached hydrogens (tertiary/aromatic N) is 3. The van der Waals surface area contributed by atoms with E-state index < -0.39 is 5.97 Å². The van der Waals surface area contributed by atoms with E-state index in [2.05, 4.69) is 29.2 Å². The highest BCUT2D eigenvalue weighted by Crippen LogP contribution is 2.23. The van der Waals surface area contributed by atoms with E-state index in [9.17, 15) is 9.59 Å². The van der Waals surface area contributed by atoms with Crippen LogP contribution in [0.1, 0.15) is 37.7 Å². The van der Waals surface area contributed by atoms with Crippen molar-refractivity contribution >= 4 is 11.9 Å². The number of likely N-dealkylation sites (N-methyl/N-ethyl adjacent to an activating group) is 1. The van der Waals surface area contributed by atoms with E-state index in [0.717, 1.165) is 64.8 Å². The molecule has 154 valence electrons. The van der Waals surface area contributed by atoms with E-state index in [1.807, 2.05) is 22.9 Å². The highest BCUT2D eigenvalue weighted by Gasteiger charge is 2.31. The zero-order valence-electron chi connectivity index (χ0n) is 16.9. The molecule has 2 saturated heterocycles. The third-order valence-corrected chi connectivity index (χ3v) is 6.12. The minimum atomic E-state index is -0.791. The zero-order chi connectivity index (χ0) is 19.9. The summed E-state index contributed by atoms with van der Waals surface area (Å²) in [6.07, 6.45) is 4.80. The molecule has 1 amide bonds. The molecule has 0 bridgehead atoms. The van der Waals surface area contributed by atoms with Gasteiger partial charge in [-0.25, -0.2) is 0 Å². The van der Waals surface area contributed by atoms with Gasteiger partial charge in [0.15, 0.2) is 0 Å². The normalized spacial score (nSPS) is 24.1. The lowest BCUT2D eigenvalue weighted by Gasteiger charge is -2.35. The molecule has 2 atom stereocenters. The van der Waals surface area contributed by atoms with Crippen LogP contribution in [0.25, 0.3) is 0 Å². The van der Waals surface area contributed by atoms with E-state index in [4.69, 9.17) is 5.11 Å². The van der Waals surface area contributed by atoms with E-state index in [-0.39, 0.29) is 18.5 Å². The number of carbonyl (C=O) groups excluding carboxylic acids is 1. The molecule has 1 aromatic rings. The van der Waals surface area contributed by atoms with Crippen LogP contribution >= 0.6 is 0 Å². The Balaban J connectivity index is 1.52. The zero-order valence-corrected chi connectivity index (χ0v) is 16.9. The molecule has 0 saturated carbocycles. The highest BCUT2D eigenvalue weighted by molar-refractivity contribution is 5.79. The summed E-state index contributed by atoms with van der Waals surface area (Å²) < 4.78 is 0. The molecule has 6 nitrogen and oxygen atoms in total. The number of rotatable bonds is 6. The van der Waals surface area contributed by atoms with Crippen molar-refractivity contribution in [2.24, 2.45) is 5.92 Å². The number of aliphatic carboxylic acids is 1. The lowest BCUT2D eigenvalue weighted by Crippen LogP contribution is -2.45. The standard InChI is InChI=1S/C22H33N3O3/c1-23(17-21(26)27)20-10-6-13-25(14-11-20)22(28)19-9-5-12-24(16-19)15-18-7-3-2-4-8-18/h2-4,7-8,19-20H,5-6,9-17H2,1H3,(H,26,27). The van der Waals surface area contributed by atoms with Gasteiger partial charge >= 0.3 is 5.97 Å². The predicted octanol–water partition coefficient (Wildman–Crippen LogP) is 2.30. The minimum absolute atomic E-state index is 0.0652. The van der Waals surface area contributed by atoms with Crippen molar-refractivity contribution in [3.63, 3.8) is 0 Å². The van der Waals surface area contributed by atoms with Crippen molar-refractivity contribution in [1.82, 2.24) is 14.7 Å². The van der Waals surface area contributed by atoms with Crippen molar-refractivity contribution in [1.29, 1.82) is 0 Å². The molecule has 1 aromatic carbocycles. The summed E-state index contributed by atoms with van der Waals surface area (Å²) in [5, 5.41) is 9.01. The van der Waals surface area contributed by atoms with E-state index in [0.29, 0.717) is 5.91 Å². The number of hydrogen-bond acceptors (Lipinski definition) is 4. The van der Waals surface area contributed by atoms with Gasteiger partial charge in [0.25, 0.3) is 0 Å². The number of piperidine rings is 1. The molecule has 2 aliphatic heterocycles. The van der Waals surface area contributed by atoms with Gasteiger partial charge in [-0.05, 0) is 51.3 Å². The predicted molar refractivity (Wildman–Crippen MR) is 109 cm³/mol. The number of carboxylic acid groups (broad SMARTS) is 1. The van der Waals surface area contributed by atoms with Crippen LogP contribution in [0.2, 0.25) is 0 Å². The van der Waals surface area contributed by atoms with Crippen molar-refractivity contribution in [2.45, 2.75) is 44.7 Å². The number of amides is 1. The third kappa shape index (κ3) is 5.79. The molecule has 0 spiro atoms. The molecular formula is C22H33N3O3. The van der Waals surface area contributed by atoms with Crippen molar-refractivity contribution in [2.75, 3.05) is 39.8 Å². The molecule has 28 heavy (non-hydrogen) atoms. The number of carboxylic acids is 1. The van der Waals surface area contributed by atoms with E-state index in [1.54, 1.807) is 0 Å². The van der Waals surface area contributed by atoms with Gasteiger partial charge in [0.1, 0.15) is 0 Å². The molecule has 2 aliphatic rings. The van der Waals surface area contributed by atoms with Gasteiger partial charge in [-0.3, -0.25) is 19.4 Å². The molecule has 1 N–H and O–H groups in total. The average molecular weight is 388 g/mol. The summed E-state index contributed by atoms with van der Waals surface area (Å²) in [5.74, 6) is -0.412. The Morgan fingerprint density at radius 1 is 1.07 bits per heavy atom. The molecule has 2 heterocycles. The monoisotopic (exact) mass is 387 g/mol. The lowest BCUT2D eigenvalue weighted by molar-refractivity contribution is -0.139. The largest absolute Gasteiger partial charge is 0.480 e. The first-order valence-electron chi connectivity index (χ1n) is 10.5. The van der Waals surface area contributed by atoms with Crippen LogP contribution in [0.3, 0.4) is 0 Å². The summed E-state index contributed by atoms with van der Waals surface area (Å²) in [4.78, 5) is 30.5. The smallest absolute Gasteiger partial charge is 0.317 e. The second-order valence-electron chi connectivity index (χ2n) is 8.28. The maximum Gasteiger partial charge on any atom is 0.317 e. The van der Waals surface area contributed by atoms with Gasteiger partial charge in [-0.15, -0.1) is 0 Å². The fraction of sp³-hybridized carbons (Fsp3) is 0.636. The third-order valence-electron chi connectivity index (χ3n) is 6.12. The summed E-state index contributed by atoms with van der Waals surface area (Å²) in [6, 6.07) is 10.7. The Bertz CT molecular complexity index is 652. The van der Waals surface area contributed by atoms with Crippen molar-refractivity contribution in [3.8, 4) is 0 Å². The second-order valence-corrected chi connectivity index (χ2v) is 8.28. The van der Waals surface area contributed by atoms with Crippen LogP contribution in [-0.2, 0) is 16.1 Å². The Labute approximate surface area is 168 Å². The van der Waals surface area contributed by atoms with E-state index in [1.165, 1.54) is 5.56 Å². The van der Waals surface area contributed by atoms with Gasteiger partial charge in [0, 0.05) is 32.2 Å². The molecule has 0 aliphatic carbocycles. The van der Waals surface area contributed by atoms with E-state index >= 15 is 0 Å². The number of likely N-dealkylation sites (tertiary alicyclic amines) is 2. The first-order chi connectivity index (χ1) is 13.5. The van der Waals surface area contributed by atoms with Gasteiger partial charge in [0.2, 0.25) is 5.91 Å². The highest BCUT2D eigenvalue weighted by atomic mass is 16.4. The quantitative estimate of drug-likeness (QED) is 0.811. The molecule has 0 aromatic heterocycles. The van der Waals surface area contributed by atoms with Crippen LogP contribution in [0, 0.1) is 5.92 Å². The molecule has 2 fully saturated rings. The fourth-order valence-corrected chi connectivity index (χ4v) is 4.58. The summed E-state index contributed by atoms with van der Waals surface area (Å²) in [6.45, 7) is 4.41. The van der Waals surface area contributed by atoms with Crippen LogP contribution in [0.15, 0.2) is 30.3 Å². The van der Waals surface area contributed by atoms with Crippen LogP contribution < -0.4 is 0 Å². The second kappa shape index (κ2) is 10.0. The van der Waals surface area contributed by atoms with Gasteiger partial charge < -0.3 is 10.0 Å². The van der Waals surface area contributed by atoms with Gasteiger partial charge in [0.05, 0.1) is 12.5 Å². The first kappa shape index (κ1) is 20.8. The molecule has 6 heteroatoms. The Kier molecular flexibility index (Phi) is 7.45. The topological polar surface area (TPSA) is 64.1 Å². The molecule has 3 rings (SSSR count). The summed E-state index contributed by atoms with van der Waals surface area (Å²) in [5.41, 5.74) is 1.30. The fourth-order valence-electron chi connectivity index (χ4n) is 4.58. The maximum atomic E-state index is 13.1. The average Bonchev–Trinajstić information content (AvgIpc) is 2.94. The van der Waals surface area contributed by atoms with Crippen molar-refractivity contribution in [3.05, 3.63) is 35.9 Å². The van der Waals surface area contributed by atoms with Crippen LogP contribution in [-0.4, -0.2) is 77.5 Å². The Hall–Kier alpha value is -1.92. The SMILES string of the molecule is CN(CC(=O)O)C1CCCN(C(=O)C2CCCN(Cc3ccccc3)C2)CC1. The molecule has 2 unspecified atom stereocenters. The first-order valence-corrected chi connectivity index (χ1v) is 10.5. The number of carbonyl (C=O) groups is 2. The van der Waals surface area contributed by atoms with Gasteiger partial charge in [-0.1, -0.05) is 30.3 Å². The molecular weight excluding hydrogens is 354 g/mol. The van der Waals surface area contributed by atoms with Crippen molar-refractivity contribution < 1.29 is 14.7 Å². The Morgan fingerprint density at radius 2 is 1.82 bits per heavy atom. The summed E-state index contributed by atoms with van der Waals surface area (Å²) >= 11 is 0. The lowest BCUT2D eigenvalue weighted by atomic mass is 9.96. The Morgan fingerprint density at radius 3 is 2.57 bits per heavy atom. The van der Waals surface area contributed by atoms with Crippen LogP contribution in [0.4, 0.5) is 0 Å². The van der Waals surface area contributed by atoms with Gasteiger partial charge in [-0.2, -0.15) is 0 Å².